The summed E-state index contributed by atoms with van der Waals surface area (Å²) in [6.45, 7) is 0.381. The minimum Gasteiger partial charge on any atom is -0.274 e. The standard InChI is InChI=1S/C20H17N3O2S/c21-12-14-11-13-5-3-8-17(13)22-18(14)26-10-4-9-23-19(24)15-6-1-2-7-16(15)20(23)25/h1-2,6-7,11H,3-5,8-10H2. The number of thioether (sulfide) groups is 1. The van der Waals surface area contributed by atoms with Crippen LogP contribution in [0, 0.1) is 11.3 Å². The first-order valence-electron chi connectivity index (χ1n) is 8.70. The van der Waals surface area contributed by atoms with Crippen molar-refractivity contribution in [2.45, 2.75) is 30.7 Å². The summed E-state index contributed by atoms with van der Waals surface area (Å²) in [5.74, 6) is 0.265. The molecular formula is C20H17N3O2S. The molecule has 1 aromatic heterocycles. The van der Waals surface area contributed by atoms with E-state index in [9.17, 15) is 14.9 Å². The van der Waals surface area contributed by atoms with Crippen molar-refractivity contribution in [1.29, 1.82) is 5.26 Å². The summed E-state index contributed by atoms with van der Waals surface area (Å²) in [6.07, 6.45) is 3.74. The smallest absolute Gasteiger partial charge is 0.261 e. The quantitative estimate of drug-likeness (QED) is 0.463. The SMILES string of the molecule is N#Cc1cc2c(nc1SCCCN1C(=O)c3ccccc3C1=O)CCC2. The average molecular weight is 363 g/mol. The molecule has 2 amide bonds. The Morgan fingerprint density at radius 2 is 1.88 bits per heavy atom. The predicted octanol–water partition coefficient (Wildman–Crippen LogP) is 3.22. The van der Waals surface area contributed by atoms with E-state index in [0.29, 0.717) is 35.4 Å². The van der Waals surface area contributed by atoms with Crippen LogP contribution in [0.1, 0.15) is 50.4 Å². The minimum absolute atomic E-state index is 0.219. The number of carbonyl (C=O) groups is 2. The van der Waals surface area contributed by atoms with Crippen molar-refractivity contribution in [2.75, 3.05) is 12.3 Å². The number of pyridine rings is 1. The maximum Gasteiger partial charge on any atom is 0.261 e. The molecule has 2 aliphatic rings. The largest absolute Gasteiger partial charge is 0.274 e. The predicted molar refractivity (Wildman–Crippen MR) is 98.1 cm³/mol. The first-order valence-corrected chi connectivity index (χ1v) is 9.68. The number of carbonyl (C=O) groups excluding carboxylic acids is 2. The normalized spacial score (nSPS) is 15.1. The number of nitriles is 1. The Bertz CT molecular complexity index is 914. The average Bonchev–Trinajstić information content (AvgIpc) is 3.22. The van der Waals surface area contributed by atoms with Gasteiger partial charge in [-0.2, -0.15) is 5.26 Å². The fourth-order valence-electron chi connectivity index (χ4n) is 3.48. The Morgan fingerprint density at radius 1 is 1.15 bits per heavy atom. The third kappa shape index (κ3) is 2.89. The third-order valence-electron chi connectivity index (χ3n) is 4.78. The van der Waals surface area contributed by atoms with Crippen LogP contribution in [0.15, 0.2) is 35.4 Å². The molecule has 0 bridgehead atoms. The molecule has 0 fully saturated rings. The molecule has 0 spiro atoms. The number of aryl methyl sites for hydroxylation is 2. The molecule has 1 aliphatic carbocycles. The number of rotatable bonds is 5. The van der Waals surface area contributed by atoms with Gasteiger partial charge in [-0.15, -0.1) is 11.8 Å². The zero-order valence-electron chi connectivity index (χ0n) is 14.2. The molecule has 6 heteroatoms. The Balaban J connectivity index is 1.38. The first kappa shape index (κ1) is 16.8. The number of amides is 2. The molecule has 26 heavy (non-hydrogen) atoms. The molecule has 1 aromatic carbocycles. The fraction of sp³-hybridized carbons (Fsp3) is 0.300. The van der Waals surface area contributed by atoms with E-state index in [1.807, 2.05) is 6.07 Å². The van der Waals surface area contributed by atoms with Crippen LogP contribution >= 0.6 is 11.8 Å². The highest BCUT2D eigenvalue weighted by molar-refractivity contribution is 7.99. The summed E-state index contributed by atoms with van der Waals surface area (Å²) in [5, 5.41) is 10.1. The molecule has 2 aromatic rings. The summed E-state index contributed by atoms with van der Waals surface area (Å²) in [6, 6.07) is 11.1. The molecule has 0 saturated carbocycles. The molecule has 5 nitrogen and oxygen atoms in total. The van der Waals surface area contributed by atoms with Crippen molar-refractivity contribution in [2.24, 2.45) is 0 Å². The number of hydrogen-bond donors (Lipinski definition) is 0. The van der Waals surface area contributed by atoms with E-state index in [1.165, 1.54) is 22.2 Å². The Hall–Kier alpha value is -2.65. The molecule has 0 N–H and O–H groups in total. The monoisotopic (exact) mass is 363 g/mol. The van der Waals surface area contributed by atoms with Gasteiger partial charge in [-0.3, -0.25) is 14.5 Å². The Labute approximate surface area is 156 Å². The highest BCUT2D eigenvalue weighted by Crippen LogP contribution is 2.28. The maximum atomic E-state index is 12.3. The van der Waals surface area contributed by atoms with E-state index in [1.54, 1.807) is 24.3 Å². The summed E-state index contributed by atoms with van der Waals surface area (Å²) >= 11 is 1.52. The lowest BCUT2D eigenvalue weighted by Gasteiger charge is -2.13. The van der Waals surface area contributed by atoms with E-state index in [-0.39, 0.29) is 11.8 Å². The molecular weight excluding hydrogens is 346 g/mol. The van der Waals surface area contributed by atoms with Gasteiger partial charge < -0.3 is 0 Å². The topological polar surface area (TPSA) is 74.1 Å². The lowest BCUT2D eigenvalue weighted by atomic mass is 10.1. The number of benzene rings is 1. The van der Waals surface area contributed by atoms with Gasteiger partial charge in [-0.1, -0.05) is 12.1 Å². The second-order valence-electron chi connectivity index (χ2n) is 6.42. The zero-order valence-corrected chi connectivity index (χ0v) is 15.0. The number of hydrogen-bond acceptors (Lipinski definition) is 5. The van der Waals surface area contributed by atoms with Crippen LogP contribution in [0.25, 0.3) is 0 Å². The van der Waals surface area contributed by atoms with Gasteiger partial charge in [-0.05, 0) is 49.4 Å². The van der Waals surface area contributed by atoms with Gasteiger partial charge in [0.05, 0.1) is 16.7 Å². The van der Waals surface area contributed by atoms with Crippen molar-refractivity contribution in [1.82, 2.24) is 9.88 Å². The number of aromatic nitrogens is 1. The minimum atomic E-state index is -0.219. The van der Waals surface area contributed by atoms with Crippen molar-refractivity contribution in [3.05, 3.63) is 58.3 Å². The maximum absolute atomic E-state index is 12.3. The van der Waals surface area contributed by atoms with E-state index >= 15 is 0 Å². The van der Waals surface area contributed by atoms with Gasteiger partial charge in [0, 0.05) is 18.0 Å². The summed E-state index contributed by atoms with van der Waals surface area (Å²) < 4.78 is 0. The molecule has 2 heterocycles. The number of imide groups is 1. The zero-order chi connectivity index (χ0) is 18.1. The van der Waals surface area contributed by atoms with Gasteiger partial charge in [0.25, 0.3) is 11.8 Å². The van der Waals surface area contributed by atoms with Gasteiger partial charge >= 0.3 is 0 Å². The van der Waals surface area contributed by atoms with Crippen LogP contribution in [0.4, 0.5) is 0 Å². The second kappa shape index (κ2) is 6.93. The van der Waals surface area contributed by atoms with E-state index in [2.05, 4.69) is 11.1 Å². The molecule has 0 unspecified atom stereocenters. The van der Waals surface area contributed by atoms with Crippen molar-refractivity contribution in [3.63, 3.8) is 0 Å². The Morgan fingerprint density at radius 3 is 2.58 bits per heavy atom. The molecule has 4 rings (SSSR count). The molecule has 130 valence electrons. The van der Waals surface area contributed by atoms with Gasteiger partial charge in [0.15, 0.2) is 0 Å². The highest BCUT2D eigenvalue weighted by atomic mass is 32.2. The third-order valence-corrected chi connectivity index (χ3v) is 5.86. The van der Waals surface area contributed by atoms with Gasteiger partial charge in [0.2, 0.25) is 0 Å². The lowest BCUT2D eigenvalue weighted by molar-refractivity contribution is 0.0655. The summed E-state index contributed by atoms with van der Waals surface area (Å²) in [5.41, 5.74) is 3.88. The van der Waals surface area contributed by atoms with E-state index < -0.39 is 0 Å². The van der Waals surface area contributed by atoms with Crippen LogP contribution in [0.5, 0.6) is 0 Å². The number of nitrogens with zero attached hydrogens (tertiary/aromatic N) is 3. The molecule has 0 saturated heterocycles. The van der Waals surface area contributed by atoms with Gasteiger partial charge in [0.1, 0.15) is 11.1 Å². The van der Waals surface area contributed by atoms with Crippen molar-refractivity contribution in [3.8, 4) is 6.07 Å². The molecule has 0 atom stereocenters. The van der Waals surface area contributed by atoms with Gasteiger partial charge in [-0.25, -0.2) is 4.98 Å². The van der Waals surface area contributed by atoms with E-state index in [4.69, 9.17) is 0 Å². The van der Waals surface area contributed by atoms with Crippen molar-refractivity contribution < 1.29 is 9.59 Å². The van der Waals surface area contributed by atoms with Crippen LogP contribution in [0.3, 0.4) is 0 Å². The van der Waals surface area contributed by atoms with Crippen LogP contribution in [0.2, 0.25) is 0 Å². The van der Waals surface area contributed by atoms with Crippen LogP contribution in [-0.2, 0) is 12.8 Å². The van der Waals surface area contributed by atoms with Crippen molar-refractivity contribution >= 4 is 23.6 Å². The van der Waals surface area contributed by atoms with Crippen LogP contribution in [-0.4, -0.2) is 34.0 Å². The number of fused-ring (bicyclic) bond motifs is 2. The fourth-order valence-corrected chi connectivity index (χ4v) is 4.38. The summed E-state index contributed by atoms with van der Waals surface area (Å²) in [4.78, 5) is 30.6. The lowest BCUT2D eigenvalue weighted by Crippen LogP contribution is -2.31. The molecule has 0 radical (unpaired) electrons. The van der Waals surface area contributed by atoms with E-state index in [0.717, 1.165) is 30.0 Å². The van der Waals surface area contributed by atoms with Crippen LogP contribution < -0.4 is 0 Å². The molecule has 1 aliphatic heterocycles. The first-order chi connectivity index (χ1) is 12.7. The Kier molecular flexibility index (Phi) is 4.48. The highest BCUT2D eigenvalue weighted by Gasteiger charge is 2.34. The second-order valence-corrected chi connectivity index (χ2v) is 7.51. The summed E-state index contributed by atoms with van der Waals surface area (Å²) in [7, 11) is 0.